The van der Waals surface area contributed by atoms with Crippen molar-refractivity contribution in [2.75, 3.05) is 5.32 Å². The summed E-state index contributed by atoms with van der Waals surface area (Å²) in [4.78, 5) is 15.5. The van der Waals surface area contributed by atoms with E-state index >= 15 is 0 Å². The van der Waals surface area contributed by atoms with Crippen LogP contribution in [0.15, 0.2) is 29.6 Å². The van der Waals surface area contributed by atoms with Gasteiger partial charge in [0.1, 0.15) is 0 Å². The third-order valence-electron chi connectivity index (χ3n) is 3.20. The summed E-state index contributed by atoms with van der Waals surface area (Å²) in [5.41, 5.74) is 3.21. The normalized spacial score (nSPS) is 13.4. The molecule has 2 aromatic rings. The molecule has 1 aliphatic rings. The molecule has 1 fully saturated rings. The molecule has 1 aromatic heterocycles. The van der Waals surface area contributed by atoms with E-state index in [1.165, 1.54) is 19.8 Å². The van der Waals surface area contributed by atoms with E-state index in [0.717, 1.165) is 22.0 Å². The molecule has 0 saturated heterocycles. The second kappa shape index (κ2) is 6.91. The molecule has 0 atom stereocenters. The maximum atomic E-state index is 10.9. The Morgan fingerprint density at radius 3 is 2.67 bits per heavy atom. The number of benzene rings is 1. The van der Waals surface area contributed by atoms with Crippen LogP contribution in [-0.2, 0) is 11.3 Å². The molecule has 0 bridgehead atoms. The first-order chi connectivity index (χ1) is 9.70. The largest absolute Gasteiger partial charge is 0.359 e. The molecular formula is C15H18ClN3OS. The van der Waals surface area contributed by atoms with Gasteiger partial charge >= 0.3 is 0 Å². The Kier molecular flexibility index (Phi) is 5.20. The van der Waals surface area contributed by atoms with Crippen molar-refractivity contribution in [1.29, 1.82) is 0 Å². The number of anilines is 1. The molecule has 0 unspecified atom stereocenters. The lowest BCUT2D eigenvalue weighted by molar-refractivity contribution is -0.119. The van der Waals surface area contributed by atoms with Crippen LogP contribution in [0.25, 0.3) is 11.3 Å². The van der Waals surface area contributed by atoms with Crippen LogP contribution in [0.3, 0.4) is 0 Å². The van der Waals surface area contributed by atoms with E-state index in [1.54, 1.807) is 11.3 Å². The third-order valence-corrected chi connectivity index (χ3v) is 3.97. The zero-order valence-corrected chi connectivity index (χ0v) is 13.4. The highest BCUT2D eigenvalue weighted by molar-refractivity contribution is 7.14. The monoisotopic (exact) mass is 323 g/mol. The van der Waals surface area contributed by atoms with E-state index in [4.69, 9.17) is 0 Å². The lowest BCUT2D eigenvalue weighted by atomic mass is 10.1. The Hall–Kier alpha value is -1.59. The molecule has 1 aromatic carbocycles. The van der Waals surface area contributed by atoms with Gasteiger partial charge in [0.05, 0.1) is 5.69 Å². The predicted octanol–water partition coefficient (Wildman–Crippen LogP) is 3.44. The number of carbonyl (C=O) groups excluding carboxylic acids is 1. The quantitative estimate of drug-likeness (QED) is 0.886. The van der Waals surface area contributed by atoms with E-state index in [-0.39, 0.29) is 18.3 Å². The van der Waals surface area contributed by atoms with Gasteiger partial charge in [-0.1, -0.05) is 24.3 Å². The third kappa shape index (κ3) is 4.44. The molecule has 4 nitrogen and oxygen atoms in total. The van der Waals surface area contributed by atoms with Crippen LogP contribution in [0, 0.1) is 0 Å². The van der Waals surface area contributed by atoms with E-state index in [2.05, 4.69) is 21.0 Å². The molecule has 6 heteroatoms. The zero-order valence-electron chi connectivity index (χ0n) is 11.8. The molecular weight excluding hydrogens is 306 g/mol. The molecule has 3 rings (SSSR count). The number of amides is 1. The van der Waals surface area contributed by atoms with E-state index in [1.807, 2.05) is 24.3 Å². The minimum absolute atomic E-state index is 0. The second-order valence-corrected chi connectivity index (χ2v) is 5.92. The van der Waals surface area contributed by atoms with Crippen molar-refractivity contribution in [2.24, 2.45) is 0 Å². The van der Waals surface area contributed by atoms with Crippen molar-refractivity contribution in [1.82, 2.24) is 10.3 Å². The number of rotatable bonds is 5. The fourth-order valence-corrected chi connectivity index (χ4v) is 2.69. The molecule has 112 valence electrons. The summed E-state index contributed by atoms with van der Waals surface area (Å²) in [5.74, 6) is -0.00984. The molecule has 0 radical (unpaired) electrons. The highest BCUT2D eigenvalue weighted by Gasteiger charge is 2.22. The lowest BCUT2D eigenvalue weighted by Gasteiger charge is -2.03. The number of hydrogen-bond acceptors (Lipinski definition) is 4. The van der Waals surface area contributed by atoms with E-state index < -0.39 is 0 Å². The lowest BCUT2D eigenvalue weighted by Crippen LogP contribution is -2.18. The van der Waals surface area contributed by atoms with Crippen LogP contribution in [0.4, 0.5) is 5.13 Å². The molecule has 1 heterocycles. The maximum absolute atomic E-state index is 10.9. The number of aromatic nitrogens is 1. The van der Waals surface area contributed by atoms with Crippen LogP contribution in [0.5, 0.6) is 0 Å². The Balaban J connectivity index is 0.00000161. The van der Waals surface area contributed by atoms with Crippen molar-refractivity contribution in [3.63, 3.8) is 0 Å². The molecule has 0 aliphatic heterocycles. The van der Waals surface area contributed by atoms with Gasteiger partial charge in [0.2, 0.25) is 5.91 Å². The van der Waals surface area contributed by atoms with Crippen molar-refractivity contribution in [3.8, 4) is 11.3 Å². The van der Waals surface area contributed by atoms with Crippen LogP contribution in [-0.4, -0.2) is 16.9 Å². The summed E-state index contributed by atoms with van der Waals surface area (Å²) < 4.78 is 0. The van der Waals surface area contributed by atoms with Gasteiger partial charge in [-0.15, -0.1) is 23.7 Å². The van der Waals surface area contributed by atoms with Crippen LogP contribution in [0.2, 0.25) is 0 Å². The molecule has 1 saturated carbocycles. The Morgan fingerprint density at radius 2 is 2.05 bits per heavy atom. The summed E-state index contributed by atoms with van der Waals surface area (Å²) in [6, 6.07) is 8.78. The molecule has 0 spiro atoms. The minimum atomic E-state index is -0.00984. The van der Waals surface area contributed by atoms with Gasteiger partial charge in [-0.25, -0.2) is 4.98 Å². The number of halogens is 1. The highest BCUT2D eigenvalue weighted by atomic mass is 35.5. The summed E-state index contributed by atoms with van der Waals surface area (Å²) in [6.07, 6.45) is 2.51. The smallest absolute Gasteiger partial charge is 0.217 e. The molecule has 1 aliphatic carbocycles. The van der Waals surface area contributed by atoms with Gasteiger partial charge in [0.15, 0.2) is 5.13 Å². The summed E-state index contributed by atoms with van der Waals surface area (Å²) >= 11 is 1.65. The van der Waals surface area contributed by atoms with Gasteiger partial charge < -0.3 is 10.6 Å². The average Bonchev–Trinajstić information content (AvgIpc) is 3.13. The maximum Gasteiger partial charge on any atom is 0.217 e. The topological polar surface area (TPSA) is 54.0 Å². The molecule has 1 amide bonds. The van der Waals surface area contributed by atoms with Gasteiger partial charge in [-0.05, 0) is 18.4 Å². The SMILES string of the molecule is CC(=O)NCc1ccc(-c2csc(NC3CC3)n2)cc1.Cl. The predicted molar refractivity (Wildman–Crippen MR) is 89.0 cm³/mol. The zero-order chi connectivity index (χ0) is 13.9. The van der Waals surface area contributed by atoms with Gasteiger partial charge in [0, 0.05) is 30.5 Å². The van der Waals surface area contributed by atoms with E-state index in [0.29, 0.717) is 12.6 Å². The Bertz CT molecular complexity index is 608. The molecule has 2 N–H and O–H groups in total. The Morgan fingerprint density at radius 1 is 1.33 bits per heavy atom. The van der Waals surface area contributed by atoms with Gasteiger partial charge in [-0.2, -0.15) is 0 Å². The summed E-state index contributed by atoms with van der Waals surface area (Å²) in [6.45, 7) is 2.10. The van der Waals surface area contributed by atoms with Crippen LogP contribution in [0.1, 0.15) is 25.3 Å². The minimum Gasteiger partial charge on any atom is -0.359 e. The number of hydrogen-bond donors (Lipinski definition) is 2. The van der Waals surface area contributed by atoms with Crippen LogP contribution < -0.4 is 10.6 Å². The van der Waals surface area contributed by atoms with Crippen molar-refractivity contribution in [3.05, 3.63) is 35.2 Å². The number of nitrogens with zero attached hydrogens (tertiary/aromatic N) is 1. The first-order valence-electron chi connectivity index (χ1n) is 6.76. The first kappa shape index (κ1) is 15.8. The molecule has 21 heavy (non-hydrogen) atoms. The van der Waals surface area contributed by atoms with Gasteiger partial charge in [-0.3, -0.25) is 4.79 Å². The number of thiazole rings is 1. The summed E-state index contributed by atoms with van der Waals surface area (Å²) in [7, 11) is 0. The van der Waals surface area contributed by atoms with Crippen molar-refractivity contribution in [2.45, 2.75) is 32.4 Å². The number of nitrogens with one attached hydrogen (secondary N) is 2. The standard InChI is InChI=1S/C15H17N3OS.ClH/c1-10(19)16-8-11-2-4-12(5-3-11)14-9-20-15(18-14)17-13-6-7-13;/h2-5,9,13H,6-8H2,1H3,(H,16,19)(H,17,18);1H. The Labute approximate surface area is 134 Å². The highest BCUT2D eigenvalue weighted by Crippen LogP contribution is 2.29. The summed E-state index contributed by atoms with van der Waals surface area (Å²) in [5, 5.41) is 9.28. The number of carbonyl (C=O) groups is 1. The fourth-order valence-electron chi connectivity index (χ4n) is 1.89. The van der Waals surface area contributed by atoms with Gasteiger partial charge in [0.25, 0.3) is 0 Å². The second-order valence-electron chi connectivity index (χ2n) is 5.06. The fraction of sp³-hybridized carbons (Fsp3) is 0.333. The van der Waals surface area contributed by atoms with E-state index in [9.17, 15) is 4.79 Å². The van der Waals surface area contributed by atoms with Crippen molar-refractivity contribution < 1.29 is 4.79 Å². The van der Waals surface area contributed by atoms with Crippen LogP contribution >= 0.6 is 23.7 Å². The average molecular weight is 324 g/mol. The van der Waals surface area contributed by atoms with Crippen molar-refractivity contribution >= 4 is 34.8 Å². The first-order valence-corrected chi connectivity index (χ1v) is 7.64.